The van der Waals surface area contributed by atoms with Crippen LogP contribution in [0.3, 0.4) is 0 Å². The molecule has 0 N–H and O–H groups in total. The summed E-state index contributed by atoms with van der Waals surface area (Å²) in [5.74, 6) is 0.733. The van der Waals surface area contributed by atoms with Gasteiger partial charge in [0.05, 0.1) is 12.8 Å². The molecule has 0 spiro atoms. The maximum absolute atomic E-state index is 15.3. The molecule has 2 aromatic rings. The molecule has 3 saturated heterocycles. The standard InChI is InChI=1S/C27H34FN3O.C4H8O/c1-20-25-9-8-24(32-2)17-21(25)11-16-31(20)22-7-10-27(26(28)18-22)30-15-12-23(19-30)29-13-5-3-4-6-14-29;1-2-4-5-3-1/h7-10,17-18,23H,1,3-6,11-16,19H2,2H3;1-4H2. The van der Waals surface area contributed by atoms with Crippen LogP contribution in [0.2, 0.25) is 0 Å². The molecule has 37 heavy (non-hydrogen) atoms. The number of benzene rings is 2. The third-order valence-corrected chi connectivity index (χ3v) is 8.29. The third kappa shape index (κ3) is 6.12. The van der Waals surface area contributed by atoms with Gasteiger partial charge >= 0.3 is 0 Å². The van der Waals surface area contributed by atoms with Crippen LogP contribution in [0.4, 0.5) is 15.8 Å². The zero-order valence-electron chi connectivity index (χ0n) is 22.4. The van der Waals surface area contributed by atoms with E-state index in [9.17, 15) is 0 Å². The Morgan fingerprint density at radius 1 is 0.919 bits per heavy atom. The molecule has 0 aliphatic carbocycles. The number of ether oxygens (including phenoxy) is 2. The van der Waals surface area contributed by atoms with Crippen molar-refractivity contribution in [1.29, 1.82) is 0 Å². The number of hydrogen-bond acceptors (Lipinski definition) is 5. The minimum atomic E-state index is -0.132. The number of nitrogens with zero attached hydrogens (tertiary/aromatic N) is 3. The van der Waals surface area contributed by atoms with Gasteiger partial charge < -0.3 is 19.3 Å². The normalized spacial score (nSPS) is 22.3. The smallest absolute Gasteiger partial charge is 0.148 e. The van der Waals surface area contributed by atoms with E-state index >= 15 is 4.39 Å². The molecule has 1 atom stereocenters. The van der Waals surface area contributed by atoms with Crippen molar-refractivity contribution in [3.8, 4) is 5.75 Å². The summed E-state index contributed by atoms with van der Waals surface area (Å²) in [7, 11) is 1.69. The van der Waals surface area contributed by atoms with Gasteiger partial charge in [-0.05, 0) is 93.6 Å². The molecular weight excluding hydrogens is 465 g/mol. The molecule has 0 radical (unpaired) electrons. The van der Waals surface area contributed by atoms with Crippen LogP contribution < -0.4 is 14.5 Å². The Morgan fingerprint density at radius 3 is 2.38 bits per heavy atom. The number of rotatable bonds is 4. The fourth-order valence-electron chi connectivity index (χ4n) is 6.13. The summed E-state index contributed by atoms with van der Waals surface area (Å²) in [5.41, 5.74) is 4.88. The van der Waals surface area contributed by atoms with Crippen molar-refractivity contribution in [1.82, 2.24) is 4.90 Å². The van der Waals surface area contributed by atoms with Crippen molar-refractivity contribution in [3.63, 3.8) is 0 Å². The Balaban J connectivity index is 0.000000503. The van der Waals surface area contributed by atoms with Gasteiger partial charge in [-0.25, -0.2) is 4.39 Å². The Labute approximate surface area is 221 Å². The minimum absolute atomic E-state index is 0.132. The van der Waals surface area contributed by atoms with Crippen molar-refractivity contribution >= 4 is 17.1 Å². The average molecular weight is 508 g/mol. The van der Waals surface area contributed by atoms with Crippen molar-refractivity contribution < 1.29 is 13.9 Å². The molecule has 0 saturated carbocycles. The molecule has 6 heteroatoms. The Hall–Kier alpha value is -2.57. The van der Waals surface area contributed by atoms with Crippen molar-refractivity contribution in [2.45, 2.75) is 57.4 Å². The molecule has 2 aromatic carbocycles. The summed E-state index contributed by atoms with van der Waals surface area (Å²) in [6.45, 7) is 11.4. The first-order valence-electron chi connectivity index (χ1n) is 14.1. The summed E-state index contributed by atoms with van der Waals surface area (Å²) >= 11 is 0. The molecule has 1 unspecified atom stereocenters. The van der Waals surface area contributed by atoms with E-state index in [0.717, 1.165) is 74.1 Å². The van der Waals surface area contributed by atoms with Crippen LogP contribution in [0.25, 0.3) is 5.70 Å². The predicted octanol–water partition coefficient (Wildman–Crippen LogP) is 6.12. The Kier molecular flexibility index (Phi) is 8.67. The van der Waals surface area contributed by atoms with Crippen LogP contribution in [0.1, 0.15) is 56.1 Å². The van der Waals surface area contributed by atoms with Crippen molar-refractivity contribution in [2.75, 3.05) is 62.8 Å². The average Bonchev–Trinajstić information content (AvgIpc) is 3.60. The Morgan fingerprint density at radius 2 is 1.70 bits per heavy atom. The van der Waals surface area contributed by atoms with Gasteiger partial charge in [-0.3, -0.25) is 4.90 Å². The summed E-state index contributed by atoms with van der Waals surface area (Å²) < 4.78 is 25.6. The van der Waals surface area contributed by atoms with Gasteiger partial charge in [0.15, 0.2) is 0 Å². The van der Waals surface area contributed by atoms with E-state index in [4.69, 9.17) is 9.47 Å². The third-order valence-electron chi connectivity index (χ3n) is 8.29. The lowest BCUT2D eigenvalue weighted by Gasteiger charge is -2.33. The van der Waals surface area contributed by atoms with Crippen molar-refractivity contribution in [3.05, 3.63) is 59.9 Å². The van der Waals surface area contributed by atoms with E-state index in [0.29, 0.717) is 6.04 Å². The SMILES string of the molecule is C1CCOC1.C=C1c2ccc(OC)cc2CCN1c1ccc(N2CCC(N3CCCCCC3)C2)c(F)c1. The van der Waals surface area contributed by atoms with E-state index in [-0.39, 0.29) is 5.82 Å². The van der Waals surface area contributed by atoms with Crippen LogP contribution in [-0.4, -0.2) is 64.0 Å². The van der Waals surface area contributed by atoms with Crippen LogP contribution in [0.15, 0.2) is 43.0 Å². The number of likely N-dealkylation sites (tertiary alicyclic amines) is 1. The van der Waals surface area contributed by atoms with Gasteiger partial charge in [-0.1, -0.05) is 19.4 Å². The first kappa shape index (κ1) is 26.1. The van der Waals surface area contributed by atoms with E-state index in [1.807, 2.05) is 12.1 Å². The van der Waals surface area contributed by atoms with Crippen LogP contribution in [0.5, 0.6) is 5.75 Å². The first-order chi connectivity index (χ1) is 18.1. The topological polar surface area (TPSA) is 28.2 Å². The number of methoxy groups -OCH3 is 1. The molecule has 200 valence electrons. The summed E-state index contributed by atoms with van der Waals surface area (Å²) in [4.78, 5) is 7.01. The number of anilines is 2. The van der Waals surface area contributed by atoms with Gasteiger partial charge in [-0.15, -0.1) is 0 Å². The molecule has 0 aromatic heterocycles. The van der Waals surface area contributed by atoms with Gasteiger partial charge in [0, 0.05) is 55.8 Å². The monoisotopic (exact) mass is 507 g/mol. The molecular formula is C31H42FN3O2. The molecule has 0 amide bonds. The minimum Gasteiger partial charge on any atom is -0.497 e. The maximum Gasteiger partial charge on any atom is 0.148 e. The predicted molar refractivity (Wildman–Crippen MR) is 150 cm³/mol. The highest BCUT2D eigenvalue weighted by Gasteiger charge is 2.30. The fourth-order valence-corrected chi connectivity index (χ4v) is 6.13. The molecule has 6 rings (SSSR count). The van der Waals surface area contributed by atoms with E-state index in [1.165, 1.54) is 57.2 Å². The van der Waals surface area contributed by atoms with Gasteiger partial charge in [0.2, 0.25) is 0 Å². The van der Waals surface area contributed by atoms with Crippen LogP contribution in [0, 0.1) is 5.82 Å². The molecule has 3 fully saturated rings. The molecule has 4 aliphatic heterocycles. The van der Waals surface area contributed by atoms with Gasteiger partial charge in [0.1, 0.15) is 11.6 Å². The van der Waals surface area contributed by atoms with Gasteiger partial charge in [-0.2, -0.15) is 0 Å². The van der Waals surface area contributed by atoms with Crippen molar-refractivity contribution in [2.24, 2.45) is 0 Å². The summed E-state index contributed by atoms with van der Waals surface area (Å²) in [6.07, 6.45) is 9.87. The lowest BCUT2D eigenvalue weighted by molar-refractivity contribution is 0.198. The Bertz CT molecular complexity index is 1050. The highest BCUT2D eigenvalue weighted by atomic mass is 19.1. The van der Waals surface area contributed by atoms with Crippen LogP contribution >= 0.6 is 0 Å². The van der Waals surface area contributed by atoms with Crippen LogP contribution in [-0.2, 0) is 11.2 Å². The second kappa shape index (κ2) is 12.3. The fraction of sp³-hybridized carbons (Fsp3) is 0.548. The second-order valence-electron chi connectivity index (χ2n) is 10.7. The van der Waals surface area contributed by atoms with E-state index in [2.05, 4.69) is 39.5 Å². The largest absolute Gasteiger partial charge is 0.497 e. The summed E-state index contributed by atoms with van der Waals surface area (Å²) in [6, 6.07) is 12.4. The lowest BCUT2D eigenvalue weighted by atomic mass is 9.96. The quantitative estimate of drug-likeness (QED) is 0.497. The maximum atomic E-state index is 15.3. The molecule has 4 aliphatic rings. The molecule has 0 bridgehead atoms. The first-order valence-corrected chi connectivity index (χ1v) is 14.1. The van der Waals surface area contributed by atoms with E-state index in [1.54, 1.807) is 13.2 Å². The second-order valence-corrected chi connectivity index (χ2v) is 10.7. The molecule has 5 nitrogen and oxygen atoms in total. The highest BCUT2D eigenvalue weighted by Crippen LogP contribution is 2.36. The zero-order chi connectivity index (χ0) is 25.6. The zero-order valence-corrected chi connectivity index (χ0v) is 22.4. The summed E-state index contributed by atoms with van der Waals surface area (Å²) in [5, 5.41) is 0. The van der Waals surface area contributed by atoms with E-state index < -0.39 is 0 Å². The number of halogens is 1. The lowest BCUT2D eigenvalue weighted by Crippen LogP contribution is -2.38. The number of fused-ring (bicyclic) bond motifs is 1. The van der Waals surface area contributed by atoms with Gasteiger partial charge in [0.25, 0.3) is 0 Å². The highest BCUT2D eigenvalue weighted by molar-refractivity contribution is 5.82. The number of hydrogen-bond donors (Lipinski definition) is 0. The molecule has 4 heterocycles.